The Morgan fingerprint density at radius 3 is 2.33 bits per heavy atom. The predicted molar refractivity (Wildman–Crippen MR) is 143 cm³/mol. The summed E-state index contributed by atoms with van der Waals surface area (Å²) in [4.78, 5) is 7.07. The molecule has 4 heteroatoms. The molecule has 1 fully saturated rings. The summed E-state index contributed by atoms with van der Waals surface area (Å²) in [5, 5.41) is 8.68. The molecule has 1 aliphatic rings. The standard InChI is InChI=1S/C29H40N4/c1-20-16-21(2)25(22(3)17-20)14-15-30-19-23-10-12-24(13-11-23)31-29-18-28(33(4)5)26-8-6-7-9-27(26)32-29/h6-9,16-18,23-24,30H,10-15,19H2,1-5H3,(H,31,32). The van der Waals surface area contributed by atoms with E-state index < -0.39 is 0 Å². The maximum Gasteiger partial charge on any atom is 0.128 e. The number of pyridine rings is 1. The molecule has 0 spiro atoms. The molecule has 33 heavy (non-hydrogen) atoms. The fourth-order valence-electron chi connectivity index (χ4n) is 5.44. The highest BCUT2D eigenvalue weighted by Gasteiger charge is 2.21. The molecule has 4 nitrogen and oxygen atoms in total. The van der Waals surface area contributed by atoms with Gasteiger partial charge in [0.2, 0.25) is 0 Å². The molecule has 0 saturated heterocycles. The average Bonchev–Trinajstić information content (AvgIpc) is 2.78. The molecule has 1 heterocycles. The zero-order valence-electron chi connectivity index (χ0n) is 21.0. The minimum Gasteiger partial charge on any atom is -0.377 e. The zero-order chi connectivity index (χ0) is 23.4. The molecule has 0 unspecified atom stereocenters. The quantitative estimate of drug-likeness (QED) is 0.416. The van der Waals surface area contributed by atoms with Crippen molar-refractivity contribution >= 4 is 22.4 Å². The van der Waals surface area contributed by atoms with E-state index in [-0.39, 0.29) is 0 Å². The molecule has 176 valence electrons. The number of fused-ring (bicyclic) bond motifs is 1. The van der Waals surface area contributed by atoms with Gasteiger partial charge in [0.05, 0.1) is 5.52 Å². The highest BCUT2D eigenvalue weighted by Crippen LogP contribution is 2.30. The molecule has 3 aromatic rings. The second-order valence-electron chi connectivity index (χ2n) is 10.1. The van der Waals surface area contributed by atoms with Crippen LogP contribution >= 0.6 is 0 Å². The van der Waals surface area contributed by atoms with Gasteiger partial charge in [0.15, 0.2) is 0 Å². The molecular weight excluding hydrogens is 404 g/mol. The molecule has 2 aromatic carbocycles. The van der Waals surface area contributed by atoms with Crippen LogP contribution < -0.4 is 15.5 Å². The van der Waals surface area contributed by atoms with Crippen LogP contribution in [0.15, 0.2) is 42.5 Å². The molecule has 4 rings (SSSR count). The lowest BCUT2D eigenvalue weighted by molar-refractivity contribution is 0.325. The molecule has 1 aromatic heterocycles. The molecule has 1 saturated carbocycles. The van der Waals surface area contributed by atoms with Crippen molar-refractivity contribution in [3.63, 3.8) is 0 Å². The number of anilines is 2. The van der Waals surface area contributed by atoms with Crippen molar-refractivity contribution in [1.29, 1.82) is 0 Å². The third-order valence-corrected chi connectivity index (χ3v) is 7.20. The summed E-state index contributed by atoms with van der Waals surface area (Å²) in [6, 6.07) is 15.7. The molecule has 0 atom stereocenters. The first-order valence-corrected chi connectivity index (χ1v) is 12.5. The van der Waals surface area contributed by atoms with Gasteiger partial charge in [-0.3, -0.25) is 0 Å². The molecule has 0 amide bonds. The van der Waals surface area contributed by atoms with Crippen LogP contribution in [0.1, 0.15) is 47.9 Å². The summed E-state index contributed by atoms with van der Waals surface area (Å²) in [6.07, 6.45) is 6.11. The van der Waals surface area contributed by atoms with Gasteiger partial charge in [-0.25, -0.2) is 4.98 Å². The predicted octanol–water partition coefficient (Wildman–Crippen LogP) is 6.03. The van der Waals surface area contributed by atoms with Crippen molar-refractivity contribution in [2.45, 2.75) is 58.9 Å². The average molecular weight is 445 g/mol. The first-order chi connectivity index (χ1) is 15.9. The van der Waals surface area contributed by atoms with Crippen LogP contribution in [0.25, 0.3) is 10.9 Å². The fraction of sp³-hybridized carbons (Fsp3) is 0.483. The summed E-state index contributed by atoms with van der Waals surface area (Å²) in [5.41, 5.74) is 8.02. The van der Waals surface area contributed by atoms with Gasteiger partial charge >= 0.3 is 0 Å². The number of nitrogens with zero attached hydrogens (tertiary/aromatic N) is 2. The minimum absolute atomic E-state index is 0.516. The number of rotatable bonds is 8. The lowest BCUT2D eigenvalue weighted by atomic mass is 9.86. The molecule has 2 N–H and O–H groups in total. The number of para-hydroxylation sites is 1. The van der Waals surface area contributed by atoms with Crippen molar-refractivity contribution in [1.82, 2.24) is 10.3 Å². The van der Waals surface area contributed by atoms with E-state index in [1.54, 1.807) is 0 Å². The fourth-order valence-corrected chi connectivity index (χ4v) is 5.44. The summed E-state index contributed by atoms with van der Waals surface area (Å²) in [6.45, 7) is 8.88. The topological polar surface area (TPSA) is 40.2 Å². The Morgan fingerprint density at radius 2 is 1.64 bits per heavy atom. The van der Waals surface area contributed by atoms with E-state index in [4.69, 9.17) is 4.98 Å². The van der Waals surface area contributed by atoms with Crippen molar-refractivity contribution < 1.29 is 0 Å². The minimum atomic E-state index is 0.516. The Hall–Kier alpha value is -2.59. The maximum atomic E-state index is 4.89. The van der Waals surface area contributed by atoms with Gasteiger partial charge in [0.1, 0.15) is 5.82 Å². The summed E-state index contributed by atoms with van der Waals surface area (Å²) >= 11 is 0. The van der Waals surface area contributed by atoms with Crippen LogP contribution in [0.4, 0.5) is 11.5 Å². The first kappa shape index (κ1) is 23.6. The van der Waals surface area contributed by atoms with E-state index in [1.807, 2.05) is 0 Å². The lowest BCUT2D eigenvalue weighted by Gasteiger charge is -2.30. The molecule has 0 radical (unpaired) electrons. The third kappa shape index (κ3) is 5.86. The monoisotopic (exact) mass is 444 g/mol. The zero-order valence-corrected chi connectivity index (χ0v) is 21.0. The highest BCUT2D eigenvalue weighted by molar-refractivity contribution is 5.93. The van der Waals surface area contributed by atoms with Crippen LogP contribution in [0.5, 0.6) is 0 Å². The molecule has 0 bridgehead atoms. The Kier molecular flexibility index (Phi) is 7.54. The number of nitrogens with one attached hydrogen (secondary N) is 2. The highest BCUT2D eigenvalue weighted by atomic mass is 15.1. The summed E-state index contributed by atoms with van der Waals surface area (Å²) in [7, 11) is 4.20. The van der Waals surface area contributed by atoms with Crippen LogP contribution in [0.3, 0.4) is 0 Å². The van der Waals surface area contributed by atoms with E-state index >= 15 is 0 Å². The van der Waals surface area contributed by atoms with Crippen molar-refractivity contribution in [3.05, 3.63) is 64.7 Å². The third-order valence-electron chi connectivity index (χ3n) is 7.20. The van der Waals surface area contributed by atoms with Crippen molar-refractivity contribution in [3.8, 4) is 0 Å². The van der Waals surface area contributed by atoms with E-state index in [0.29, 0.717) is 6.04 Å². The van der Waals surface area contributed by atoms with Gasteiger partial charge in [-0.05, 0) is 94.6 Å². The van der Waals surface area contributed by atoms with Crippen LogP contribution in [0.2, 0.25) is 0 Å². The molecule has 1 aliphatic carbocycles. The van der Waals surface area contributed by atoms with Crippen molar-refractivity contribution in [2.75, 3.05) is 37.4 Å². The van der Waals surface area contributed by atoms with Gasteiger partial charge in [-0.15, -0.1) is 0 Å². The Morgan fingerprint density at radius 1 is 0.939 bits per heavy atom. The van der Waals surface area contributed by atoms with Crippen LogP contribution in [-0.2, 0) is 6.42 Å². The summed E-state index contributed by atoms with van der Waals surface area (Å²) in [5.74, 6) is 1.79. The van der Waals surface area contributed by atoms with E-state index in [2.05, 4.69) is 92.9 Å². The van der Waals surface area contributed by atoms with Gasteiger partial charge < -0.3 is 15.5 Å². The number of hydrogen-bond acceptors (Lipinski definition) is 4. The second-order valence-corrected chi connectivity index (χ2v) is 10.1. The largest absolute Gasteiger partial charge is 0.377 e. The number of benzene rings is 2. The van der Waals surface area contributed by atoms with Crippen LogP contribution in [0, 0.1) is 26.7 Å². The van der Waals surface area contributed by atoms with Gasteiger partial charge in [0, 0.05) is 37.3 Å². The smallest absolute Gasteiger partial charge is 0.128 e. The number of aryl methyl sites for hydroxylation is 3. The second kappa shape index (κ2) is 10.6. The Balaban J connectivity index is 1.25. The number of aromatic nitrogens is 1. The molecular formula is C29H40N4. The van der Waals surface area contributed by atoms with E-state index in [1.165, 1.54) is 59.0 Å². The first-order valence-electron chi connectivity index (χ1n) is 12.5. The normalized spacial score (nSPS) is 18.5. The Labute approximate surface area is 199 Å². The SMILES string of the molecule is Cc1cc(C)c(CCNCC2CCC(Nc3cc(N(C)C)c4ccccc4n3)CC2)c(C)c1. The summed E-state index contributed by atoms with van der Waals surface area (Å²) < 4.78 is 0. The number of hydrogen-bond donors (Lipinski definition) is 2. The van der Waals surface area contributed by atoms with Crippen molar-refractivity contribution in [2.24, 2.45) is 5.92 Å². The van der Waals surface area contributed by atoms with Gasteiger partial charge in [-0.2, -0.15) is 0 Å². The van der Waals surface area contributed by atoms with E-state index in [9.17, 15) is 0 Å². The van der Waals surface area contributed by atoms with Crippen LogP contribution in [-0.4, -0.2) is 38.2 Å². The van der Waals surface area contributed by atoms with E-state index in [0.717, 1.165) is 36.8 Å². The van der Waals surface area contributed by atoms with Gasteiger partial charge in [0.25, 0.3) is 0 Å². The van der Waals surface area contributed by atoms with Gasteiger partial charge in [-0.1, -0.05) is 35.9 Å². The maximum absolute atomic E-state index is 4.89. The Bertz CT molecular complexity index is 1060. The lowest BCUT2D eigenvalue weighted by Crippen LogP contribution is -2.32. The molecule has 0 aliphatic heterocycles.